The first-order valence-corrected chi connectivity index (χ1v) is 13.5. The summed E-state index contributed by atoms with van der Waals surface area (Å²) in [5.41, 5.74) is -3.63. The van der Waals surface area contributed by atoms with Gasteiger partial charge in [0.25, 0.3) is 0 Å². The molecule has 2 N–H and O–H groups in total. The van der Waals surface area contributed by atoms with Crippen LogP contribution in [0.3, 0.4) is 0 Å². The normalized spacial score (nSPS) is 17.2. The van der Waals surface area contributed by atoms with Crippen molar-refractivity contribution in [1.82, 2.24) is 0 Å². The van der Waals surface area contributed by atoms with E-state index in [4.69, 9.17) is 0 Å². The Morgan fingerprint density at radius 3 is 1.34 bits per heavy atom. The summed E-state index contributed by atoms with van der Waals surface area (Å²) in [7, 11) is 0. The van der Waals surface area contributed by atoms with E-state index in [9.17, 15) is 28.6 Å². The Kier molecular flexibility index (Phi) is 6.69. The van der Waals surface area contributed by atoms with Gasteiger partial charge in [0.05, 0.1) is 11.1 Å². The SMILES string of the molecule is Cc1sc(-c2cccc(C(=O)O)c2)cc1C1=C(c2cc(-c3cccc(C(=O)O)c3)sc2C)C(F)(F)C(F)(F)C1(F)F. The van der Waals surface area contributed by atoms with Gasteiger partial charge in [0.15, 0.2) is 0 Å². The molecule has 0 amide bonds. The van der Waals surface area contributed by atoms with Crippen LogP contribution in [0.2, 0.25) is 0 Å². The largest absolute Gasteiger partial charge is 0.478 e. The van der Waals surface area contributed by atoms with E-state index in [1.807, 2.05) is 0 Å². The molecule has 2 aromatic heterocycles. The van der Waals surface area contributed by atoms with Gasteiger partial charge >= 0.3 is 29.7 Å². The molecule has 0 radical (unpaired) electrons. The molecule has 0 bridgehead atoms. The van der Waals surface area contributed by atoms with E-state index in [2.05, 4.69) is 0 Å². The smallest absolute Gasteiger partial charge is 0.380 e. The minimum Gasteiger partial charge on any atom is -0.478 e. The molecule has 4 nitrogen and oxygen atoms in total. The number of halogens is 6. The maximum Gasteiger partial charge on any atom is 0.380 e. The van der Waals surface area contributed by atoms with E-state index < -0.39 is 52.0 Å². The van der Waals surface area contributed by atoms with E-state index in [1.165, 1.54) is 62.4 Å². The second-order valence-electron chi connectivity index (χ2n) is 9.41. The quantitative estimate of drug-likeness (QED) is 0.214. The van der Waals surface area contributed by atoms with Gasteiger partial charge < -0.3 is 10.2 Å². The van der Waals surface area contributed by atoms with Crippen LogP contribution in [-0.4, -0.2) is 39.9 Å². The predicted octanol–water partition coefficient (Wildman–Crippen LogP) is 8.99. The molecule has 1 aliphatic rings. The van der Waals surface area contributed by atoms with E-state index >= 15 is 17.6 Å². The van der Waals surface area contributed by atoms with Crippen molar-refractivity contribution < 1.29 is 46.1 Å². The summed E-state index contributed by atoms with van der Waals surface area (Å²) >= 11 is 1.76. The molecule has 1 aliphatic carbocycles. The zero-order chi connectivity index (χ0) is 30.1. The van der Waals surface area contributed by atoms with Gasteiger partial charge in [0, 0.05) is 30.7 Å². The van der Waals surface area contributed by atoms with Gasteiger partial charge in [0.1, 0.15) is 0 Å². The number of carboxylic acids is 2. The lowest BCUT2D eigenvalue weighted by molar-refractivity contribution is -0.254. The number of alkyl halides is 6. The Bertz CT molecular complexity index is 1640. The molecular weight excluding hydrogens is 590 g/mol. The van der Waals surface area contributed by atoms with Gasteiger partial charge in [-0.15, -0.1) is 22.7 Å². The standard InChI is InChI=1S/C29H18F6O4S2/c1-13-19(11-21(40-13)15-5-3-7-17(9-15)25(36)37)23-24(28(32,33)29(34,35)27(23,30)31)20-12-22(41-14(20)2)16-6-4-8-18(10-16)26(38)39/h3-12H,1-2H3,(H,36,37)(H,38,39). The molecular formula is C29H18F6O4S2. The van der Waals surface area contributed by atoms with Crippen LogP contribution in [-0.2, 0) is 0 Å². The third kappa shape index (κ3) is 4.36. The van der Waals surface area contributed by atoms with Crippen LogP contribution in [0.1, 0.15) is 41.6 Å². The molecule has 0 unspecified atom stereocenters. The predicted molar refractivity (Wildman–Crippen MR) is 145 cm³/mol. The number of rotatable bonds is 6. The van der Waals surface area contributed by atoms with Crippen molar-refractivity contribution in [3.8, 4) is 20.9 Å². The zero-order valence-electron chi connectivity index (χ0n) is 21.1. The van der Waals surface area contributed by atoms with E-state index in [0.29, 0.717) is 11.1 Å². The van der Waals surface area contributed by atoms with Gasteiger partial charge in [-0.25, -0.2) is 9.59 Å². The van der Waals surface area contributed by atoms with Crippen molar-refractivity contribution in [3.05, 3.63) is 92.7 Å². The number of carbonyl (C=O) groups is 2. The highest BCUT2D eigenvalue weighted by Crippen LogP contribution is 2.66. The van der Waals surface area contributed by atoms with Crippen LogP contribution in [0.25, 0.3) is 32.0 Å². The van der Waals surface area contributed by atoms with Crippen molar-refractivity contribution in [2.45, 2.75) is 31.6 Å². The fourth-order valence-corrected chi connectivity index (χ4v) is 6.83. The average Bonchev–Trinajstić information content (AvgIpc) is 3.51. The topological polar surface area (TPSA) is 74.6 Å². The van der Waals surface area contributed by atoms with Crippen molar-refractivity contribution in [2.24, 2.45) is 0 Å². The fourth-order valence-electron chi connectivity index (χ4n) is 4.79. The Morgan fingerprint density at radius 2 is 1.00 bits per heavy atom. The molecule has 0 spiro atoms. The highest BCUT2D eigenvalue weighted by molar-refractivity contribution is 7.16. The fraction of sp³-hybridized carbons (Fsp3) is 0.172. The van der Waals surface area contributed by atoms with Crippen LogP contribution in [0, 0.1) is 13.8 Å². The minimum atomic E-state index is -5.75. The highest BCUT2D eigenvalue weighted by atomic mass is 32.1. The summed E-state index contributed by atoms with van der Waals surface area (Å²) < 4.78 is 91.6. The van der Waals surface area contributed by atoms with Crippen molar-refractivity contribution in [2.75, 3.05) is 0 Å². The summed E-state index contributed by atoms with van der Waals surface area (Å²) in [4.78, 5) is 23.3. The zero-order valence-corrected chi connectivity index (χ0v) is 22.7. The highest BCUT2D eigenvalue weighted by Gasteiger charge is 2.80. The number of aromatic carboxylic acids is 2. The molecule has 0 saturated heterocycles. The molecule has 4 aromatic rings. The van der Waals surface area contributed by atoms with Gasteiger partial charge in [0.2, 0.25) is 0 Å². The summed E-state index contributed by atoms with van der Waals surface area (Å²) in [6.45, 7) is 2.67. The number of carboxylic acid groups (broad SMARTS) is 2. The number of hydrogen-bond donors (Lipinski definition) is 2. The molecule has 5 rings (SSSR count). The first-order valence-electron chi connectivity index (χ1n) is 11.9. The molecule has 2 aromatic carbocycles. The van der Waals surface area contributed by atoms with Crippen LogP contribution in [0.4, 0.5) is 26.3 Å². The van der Waals surface area contributed by atoms with Gasteiger partial charge in [-0.2, -0.15) is 26.3 Å². The molecule has 0 fully saturated rings. The first kappa shape index (κ1) is 28.6. The van der Waals surface area contributed by atoms with Crippen molar-refractivity contribution >= 4 is 45.8 Å². The average molecular weight is 609 g/mol. The number of thiophene rings is 2. The third-order valence-electron chi connectivity index (χ3n) is 6.83. The lowest BCUT2D eigenvalue weighted by Gasteiger charge is -2.25. The van der Waals surface area contributed by atoms with Gasteiger partial charge in [-0.1, -0.05) is 24.3 Å². The van der Waals surface area contributed by atoms with Crippen molar-refractivity contribution in [3.63, 3.8) is 0 Å². The maximum atomic E-state index is 15.4. The van der Waals surface area contributed by atoms with Crippen molar-refractivity contribution in [1.29, 1.82) is 0 Å². The van der Waals surface area contributed by atoms with Gasteiger partial charge in [-0.05, 0) is 72.5 Å². The number of hydrogen-bond acceptors (Lipinski definition) is 4. The van der Waals surface area contributed by atoms with Crippen LogP contribution in [0.15, 0.2) is 60.7 Å². The molecule has 41 heavy (non-hydrogen) atoms. The van der Waals surface area contributed by atoms with E-state index in [1.54, 1.807) is 0 Å². The molecule has 12 heteroatoms. The summed E-state index contributed by atoms with van der Waals surface area (Å²) in [5.74, 6) is -18.8. The molecule has 0 aliphatic heterocycles. The Morgan fingerprint density at radius 1 is 0.634 bits per heavy atom. The second-order valence-corrected chi connectivity index (χ2v) is 11.9. The maximum absolute atomic E-state index is 15.4. The van der Waals surface area contributed by atoms with E-state index in [0.717, 1.165) is 34.8 Å². The number of benzene rings is 2. The lowest BCUT2D eigenvalue weighted by Crippen LogP contribution is -2.48. The summed E-state index contributed by atoms with van der Waals surface area (Å²) in [5, 5.41) is 18.6. The van der Waals surface area contributed by atoms with Crippen LogP contribution < -0.4 is 0 Å². The molecule has 0 saturated carbocycles. The van der Waals surface area contributed by atoms with Gasteiger partial charge in [-0.3, -0.25) is 0 Å². The first-order chi connectivity index (χ1) is 19.1. The Balaban J connectivity index is 1.75. The molecule has 212 valence electrons. The minimum absolute atomic E-state index is 0.0590. The lowest BCUT2D eigenvalue weighted by atomic mass is 9.94. The Labute approximate surface area is 236 Å². The summed E-state index contributed by atoms with van der Waals surface area (Å²) in [6, 6.07) is 13.2. The number of allylic oxidation sites excluding steroid dienone is 2. The number of aryl methyl sites for hydroxylation is 2. The third-order valence-corrected chi connectivity index (χ3v) is 9.03. The van der Waals surface area contributed by atoms with Crippen LogP contribution in [0.5, 0.6) is 0 Å². The van der Waals surface area contributed by atoms with E-state index in [-0.39, 0.29) is 30.6 Å². The monoisotopic (exact) mass is 608 g/mol. The second kappa shape index (κ2) is 9.59. The molecule has 0 atom stereocenters. The summed E-state index contributed by atoms with van der Waals surface area (Å²) in [6.07, 6.45) is 0. The Hall–Kier alpha value is -3.90. The van der Waals surface area contributed by atoms with Crippen LogP contribution >= 0.6 is 22.7 Å². The molecule has 2 heterocycles.